The largest absolute Gasteiger partial charge is 0.386 e. The van der Waals surface area contributed by atoms with Crippen LogP contribution in [0, 0.1) is 12.7 Å². The monoisotopic (exact) mass is 358 g/mol. The van der Waals surface area contributed by atoms with Crippen molar-refractivity contribution >= 4 is 27.5 Å². The smallest absolute Gasteiger partial charge is 0.253 e. The Bertz CT molecular complexity index is 936. The summed E-state index contributed by atoms with van der Waals surface area (Å²) in [5.41, 5.74) is 1.50. The predicted molar refractivity (Wildman–Crippen MR) is 97.3 cm³/mol. The van der Waals surface area contributed by atoms with Crippen LogP contribution in [0.1, 0.15) is 41.4 Å². The molecule has 2 N–H and O–H groups in total. The highest BCUT2D eigenvalue weighted by atomic mass is 32.1. The van der Waals surface area contributed by atoms with E-state index in [0.717, 1.165) is 15.8 Å². The molecular formula is C19H19FN2O2S. The fourth-order valence-electron chi connectivity index (χ4n) is 2.70. The van der Waals surface area contributed by atoms with Crippen LogP contribution in [0.5, 0.6) is 0 Å². The number of pyridine rings is 1. The van der Waals surface area contributed by atoms with Gasteiger partial charge in [0.05, 0.1) is 21.3 Å². The van der Waals surface area contributed by atoms with Crippen molar-refractivity contribution < 1.29 is 14.3 Å². The van der Waals surface area contributed by atoms with Gasteiger partial charge in [0.1, 0.15) is 11.9 Å². The van der Waals surface area contributed by atoms with E-state index in [-0.39, 0.29) is 5.91 Å². The van der Waals surface area contributed by atoms with Gasteiger partial charge in [-0.15, -0.1) is 11.3 Å². The minimum absolute atomic E-state index is 0.332. The van der Waals surface area contributed by atoms with Crippen molar-refractivity contribution in [3.63, 3.8) is 0 Å². The number of carbonyl (C=O) groups excluding carboxylic acids is 1. The molecule has 4 nitrogen and oxygen atoms in total. The molecule has 2 aromatic heterocycles. The van der Waals surface area contributed by atoms with Gasteiger partial charge in [0.15, 0.2) is 0 Å². The van der Waals surface area contributed by atoms with Crippen LogP contribution in [-0.2, 0) is 0 Å². The first kappa shape index (κ1) is 17.5. The molecule has 1 amide bonds. The zero-order chi connectivity index (χ0) is 18.2. The topological polar surface area (TPSA) is 62.2 Å². The summed E-state index contributed by atoms with van der Waals surface area (Å²) in [5, 5.41) is 15.4. The minimum atomic E-state index is -1.05. The third kappa shape index (κ3) is 3.55. The van der Waals surface area contributed by atoms with Crippen molar-refractivity contribution in [1.82, 2.24) is 10.3 Å². The number of benzene rings is 1. The number of hydrogen-bond donors (Lipinski definition) is 2. The lowest BCUT2D eigenvalue weighted by Crippen LogP contribution is -2.48. The van der Waals surface area contributed by atoms with E-state index in [1.807, 2.05) is 11.4 Å². The van der Waals surface area contributed by atoms with Crippen LogP contribution in [-0.4, -0.2) is 21.5 Å². The summed E-state index contributed by atoms with van der Waals surface area (Å²) in [6, 6.07) is 7.92. The number of thiophene rings is 1. The predicted octanol–water partition coefficient (Wildman–Crippen LogP) is 3.99. The molecule has 1 atom stereocenters. The Morgan fingerprint density at radius 1 is 1.32 bits per heavy atom. The van der Waals surface area contributed by atoms with E-state index in [4.69, 9.17) is 0 Å². The number of halogens is 1. The highest BCUT2D eigenvalue weighted by Gasteiger charge is 2.32. The molecule has 6 heteroatoms. The third-order valence-electron chi connectivity index (χ3n) is 4.22. The summed E-state index contributed by atoms with van der Waals surface area (Å²) in [4.78, 5) is 16.8. The molecular weight excluding hydrogens is 339 g/mol. The first-order valence-electron chi connectivity index (χ1n) is 7.88. The molecule has 3 aromatic rings. The zero-order valence-corrected chi connectivity index (χ0v) is 15.0. The fraction of sp³-hybridized carbons (Fsp3) is 0.263. The Morgan fingerprint density at radius 2 is 2.08 bits per heavy atom. The van der Waals surface area contributed by atoms with Gasteiger partial charge in [-0.1, -0.05) is 6.07 Å². The molecule has 0 bridgehead atoms. The minimum Gasteiger partial charge on any atom is -0.386 e. The first-order valence-corrected chi connectivity index (χ1v) is 8.76. The SMILES string of the molecule is Cc1ccc(F)cc1C(O)C(C)(C)NC(=O)c1cnc2ccsc2c1. The van der Waals surface area contributed by atoms with Gasteiger partial charge in [-0.05, 0) is 61.5 Å². The standard InChI is InChI=1S/C19H19FN2O2S/c1-11-4-5-13(20)9-14(11)17(23)19(2,3)22-18(24)12-8-16-15(21-10-12)6-7-25-16/h4-10,17,23H,1-3H3,(H,22,24). The van der Waals surface area contributed by atoms with Gasteiger partial charge >= 0.3 is 0 Å². The van der Waals surface area contributed by atoms with E-state index >= 15 is 0 Å². The molecule has 0 saturated carbocycles. The quantitative estimate of drug-likeness (QED) is 0.741. The summed E-state index contributed by atoms with van der Waals surface area (Å²) >= 11 is 1.51. The van der Waals surface area contributed by atoms with Gasteiger partial charge in [-0.3, -0.25) is 9.78 Å². The second kappa shape index (κ2) is 6.54. The summed E-state index contributed by atoms with van der Waals surface area (Å²) in [6.07, 6.45) is 0.464. The van der Waals surface area contributed by atoms with Crippen molar-refractivity contribution in [3.8, 4) is 0 Å². The van der Waals surface area contributed by atoms with E-state index in [9.17, 15) is 14.3 Å². The number of rotatable bonds is 4. The number of hydrogen-bond acceptors (Lipinski definition) is 4. The number of aryl methyl sites for hydroxylation is 1. The Hall–Kier alpha value is -2.31. The summed E-state index contributed by atoms with van der Waals surface area (Å²) < 4.78 is 14.5. The van der Waals surface area contributed by atoms with Crippen LogP contribution in [0.25, 0.3) is 10.2 Å². The van der Waals surface area contributed by atoms with Gasteiger partial charge in [0, 0.05) is 6.20 Å². The molecule has 0 aliphatic rings. The average Bonchev–Trinajstić information content (AvgIpc) is 3.03. The maximum atomic E-state index is 13.5. The van der Waals surface area contributed by atoms with Crippen LogP contribution < -0.4 is 5.32 Å². The highest BCUT2D eigenvalue weighted by molar-refractivity contribution is 7.17. The van der Waals surface area contributed by atoms with E-state index in [2.05, 4.69) is 10.3 Å². The molecule has 0 radical (unpaired) electrons. The van der Waals surface area contributed by atoms with Crippen LogP contribution in [0.3, 0.4) is 0 Å². The van der Waals surface area contributed by atoms with Crippen LogP contribution in [0.15, 0.2) is 41.9 Å². The number of aromatic nitrogens is 1. The number of amides is 1. The van der Waals surface area contributed by atoms with Crippen molar-refractivity contribution in [2.45, 2.75) is 32.4 Å². The molecule has 130 valence electrons. The van der Waals surface area contributed by atoms with Gasteiger partial charge < -0.3 is 10.4 Å². The van der Waals surface area contributed by atoms with Crippen molar-refractivity contribution in [2.75, 3.05) is 0 Å². The molecule has 0 aliphatic carbocycles. The number of nitrogens with zero attached hydrogens (tertiary/aromatic N) is 1. The molecule has 3 rings (SSSR count). The van der Waals surface area contributed by atoms with Gasteiger partial charge in [-0.2, -0.15) is 0 Å². The van der Waals surface area contributed by atoms with E-state index in [1.54, 1.807) is 32.9 Å². The molecule has 25 heavy (non-hydrogen) atoms. The maximum absolute atomic E-state index is 13.5. The molecule has 2 heterocycles. The molecule has 0 fully saturated rings. The second-order valence-corrected chi connectivity index (χ2v) is 7.55. The van der Waals surface area contributed by atoms with Crippen molar-refractivity contribution in [1.29, 1.82) is 0 Å². The summed E-state index contributed by atoms with van der Waals surface area (Å²) in [7, 11) is 0. The Balaban J connectivity index is 1.84. The molecule has 0 aliphatic heterocycles. The van der Waals surface area contributed by atoms with Crippen LogP contribution >= 0.6 is 11.3 Å². The Morgan fingerprint density at radius 3 is 2.84 bits per heavy atom. The number of carbonyl (C=O) groups is 1. The zero-order valence-electron chi connectivity index (χ0n) is 14.2. The van der Waals surface area contributed by atoms with Crippen LogP contribution in [0.2, 0.25) is 0 Å². The lowest BCUT2D eigenvalue weighted by Gasteiger charge is -2.32. The second-order valence-electron chi connectivity index (χ2n) is 6.61. The lowest BCUT2D eigenvalue weighted by molar-refractivity contribution is 0.0630. The highest BCUT2D eigenvalue weighted by Crippen LogP contribution is 2.29. The molecule has 1 aromatic carbocycles. The molecule has 0 spiro atoms. The van der Waals surface area contributed by atoms with Crippen molar-refractivity contribution in [3.05, 3.63) is 64.4 Å². The number of aliphatic hydroxyl groups is 1. The van der Waals surface area contributed by atoms with Crippen molar-refractivity contribution in [2.24, 2.45) is 0 Å². The fourth-order valence-corrected chi connectivity index (χ4v) is 3.48. The number of nitrogens with one attached hydrogen (secondary N) is 1. The van der Waals surface area contributed by atoms with Gasteiger partial charge in [0.25, 0.3) is 5.91 Å². The van der Waals surface area contributed by atoms with Gasteiger partial charge in [0.2, 0.25) is 0 Å². The first-order chi connectivity index (χ1) is 11.8. The number of aliphatic hydroxyl groups excluding tert-OH is 1. The van der Waals surface area contributed by atoms with E-state index in [0.29, 0.717) is 11.1 Å². The molecule has 1 unspecified atom stereocenters. The number of fused-ring (bicyclic) bond motifs is 1. The third-order valence-corrected chi connectivity index (χ3v) is 5.07. The molecule has 0 saturated heterocycles. The van der Waals surface area contributed by atoms with Gasteiger partial charge in [-0.25, -0.2) is 4.39 Å². The Labute approximate surface area is 149 Å². The lowest BCUT2D eigenvalue weighted by atomic mass is 9.88. The van der Waals surface area contributed by atoms with E-state index < -0.39 is 17.5 Å². The summed E-state index contributed by atoms with van der Waals surface area (Å²) in [6.45, 7) is 5.21. The maximum Gasteiger partial charge on any atom is 0.253 e. The van der Waals surface area contributed by atoms with Crippen LogP contribution in [0.4, 0.5) is 4.39 Å². The normalized spacial score (nSPS) is 13.0. The summed E-state index contributed by atoms with van der Waals surface area (Å²) in [5.74, 6) is -0.755. The Kier molecular flexibility index (Phi) is 4.58. The average molecular weight is 358 g/mol. The van der Waals surface area contributed by atoms with E-state index in [1.165, 1.54) is 29.7 Å².